The topological polar surface area (TPSA) is 98.0 Å². The second kappa shape index (κ2) is 5.62. The highest BCUT2D eigenvalue weighted by Crippen LogP contribution is 2.20. The van der Waals surface area contributed by atoms with Crippen LogP contribution >= 0.6 is 23.2 Å². The lowest BCUT2D eigenvalue weighted by Crippen LogP contribution is -2.18. The van der Waals surface area contributed by atoms with E-state index in [1.54, 1.807) is 0 Å². The van der Waals surface area contributed by atoms with Gasteiger partial charge >= 0.3 is 0 Å². The van der Waals surface area contributed by atoms with Crippen molar-refractivity contribution >= 4 is 38.9 Å². The van der Waals surface area contributed by atoms with Gasteiger partial charge in [-0.15, -0.1) is 10.2 Å². The molecular formula is C7H10Cl2N4O2S. The first-order valence-corrected chi connectivity index (χ1v) is 6.79. The second-order valence-corrected chi connectivity index (χ2v) is 5.50. The number of primary sulfonamides is 1. The monoisotopic (exact) mass is 284 g/mol. The smallest absolute Gasteiger partial charge is 0.209 e. The van der Waals surface area contributed by atoms with E-state index in [2.05, 4.69) is 15.5 Å². The normalized spacial score (nSPS) is 11.4. The van der Waals surface area contributed by atoms with Gasteiger partial charge in [0.25, 0.3) is 0 Å². The fourth-order valence-corrected chi connectivity index (χ4v) is 1.83. The number of rotatable bonds is 5. The number of aromatic nitrogens is 2. The van der Waals surface area contributed by atoms with Gasteiger partial charge < -0.3 is 5.32 Å². The Morgan fingerprint density at radius 1 is 1.38 bits per heavy atom. The summed E-state index contributed by atoms with van der Waals surface area (Å²) in [4.78, 5) is 0. The molecule has 0 aliphatic rings. The Kier molecular flexibility index (Phi) is 4.72. The third-order valence-electron chi connectivity index (χ3n) is 1.64. The maximum Gasteiger partial charge on any atom is 0.209 e. The predicted molar refractivity (Wildman–Crippen MR) is 63.1 cm³/mol. The summed E-state index contributed by atoms with van der Waals surface area (Å²) in [5.74, 6) is -0.0934. The molecule has 1 heterocycles. The molecule has 0 aliphatic heterocycles. The van der Waals surface area contributed by atoms with Crippen LogP contribution in [0.3, 0.4) is 0 Å². The highest BCUT2D eigenvalue weighted by Gasteiger charge is 2.05. The van der Waals surface area contributed by atoms with E-state index in [1.807, 2.05) is 0 Å². The summed E-state index contributed by atoms with van der Waals surface area (Å²) in [7, 11) is -3.42. The molecule has 9 heteroatoms. The van der Waals surface area contributed by atoms with Gasteiger partial charge in [0.05, 0.1) is 11.4 Å². The molecule has 0 atom stereocenters. The van der Waals surface area contributed by atoms with Crippen LogP contribution in [0.1, 0.15) is 6.42 Å². The number of hydrogen-bond acceptors (Lipinski definition) is 5. The molecule has 0 radical (unpaired) electrons. The Balaban J connectivity index is 2.46. The Bertz CT molecular complexity index is 465. The van der Waals surface area contributed by atoms with Crippen LogP contribution in [-0.2, 0) is 10.0 Å². The van der Waals surface area contributed by atoms with Crippen molar-refractivity contribution in [2.75, 3.05) is 17.6 Å². The van der Waals surface area contributed by atoms with E-state index >= 15 is 0 Å². The van der Waals surface area contributed by atoms with Crippen LogP contribution in [0.4, 0.5) is 5.69 Å². The third-order valence-corrected chi connectivity index (χ3v) is 2.96. The number of nitrogens with one attached hydrogen (secondary N) is 1. The number of nitrogens with two attached hydrogens (primary N) is 1. The van der Waals surface area contributed by atoms with E-state index < -0.39 is 10.0 Å². The van der Waals surface area contributed by atoms with Crippen molar-refractivity contribution in [3.05, 3.63) is 16.4 Å². The first-order chi connectivity index (χ1) is 7.38. The lowest BCUT2D eigenvalue weighted by atomic mass is 10.4. The van der Waals surface area contributed by atoms with Crippen LogP contribution in [0.15, 0.2) is 6.07 Å². The Morgan fingerprint density at radius 2 is 2.06 bits per heavy atom. The zero-order valence-corrected chi connectivity index (χ0v) is 10.5. The SMILES string of the molecule is NS(=O)(=O)CCCNc1cc(Cl)nnc1Cl. The highest BCUT2D eigenvalue weighted by atomic mass is 35.5. The number of hydrogen-bond donors (Lipinski definition) is 2. The summed E-state index contributed by atoms with van der Waals surface area (Å²) in [6.45, 7) is 0.401. The highest BCUT2D eigenvalue weighted by molar-refractivity contribution is 7.89. The fourth-order valence-electron chi connectivity index (χ4n) is 0.973. The van der Waals surface area contributed by atoms with E-state index in [0.29, 0.717) is 18.7 Å². The first-order valence-electron chi connectivity index (χ1n) is 4.31. The molecule has 0 aliphatic carbocycles. The summed E-state index contributed by atoms with van der Waals surface area (Å²) in [6.07, 6.45) is 0.370. The molecule has 0 spiro atoms. The number of halogens is 2. The van der Waals surface area contributed by atoms with Crippen LogP contribution in [-0.4, -0.2) is 30.9 Å². The summed E-state index contributed by atoms with van der Waals surface area (Å²) >= 11 is 11.3. The fraction of sp³-hybridized carbons (Fsp3) is 0.429. The van der Waals surface area contributed by atoms with Gasteiger partial charge in [0.1, 0.15) is 0 Å². The Labute approximate surface area is 103 Å². The van der Waals surface area contributed by atoms with E-state index in [0.717, 1.165) is 0 Å². The quantitative estimate of drug-likeness (QED) is 0.782. The molecule has 1 aromatic rings. The molecule has 1 rings (SSSR count). The van der Waals surface area contributed by atoms with Gasteiger partial charge in [-0.05, 0) is 6.42 Å². The average molecular weight is 285 g/mol. The molecule has 0 fully saturated rings. The van der Waals surface area contributed by atoms with Gasteiger partial charge in [0, 0.05) is 12.6 Å². The predicted octanol–water partition coefficient (Wildman–Crippen LogP) is 0.874. The molecule has 0 aromatic carbocycles. The van der Waals surface area contributed by atoms with Crippen molar-refractivity contribution in [2.45, 2.75) is 6.42 Å². The summed E-state index contributed by atoms with van der Waals surface area (Å²) in [5.41, 5.74) is 0.510. The Hall–Kier alpha value is -0.630. The zero-order chi connectivity index (χ0) is 12.2. The van der Waals surface area contributed by atoms with E-state index in [1.165, 1.54) is 6.07 Å². The second-order valence-electron chi connectivity index (χ2n) is 3.02. The van der Waals surface area contributed by atoms with E-state index in [9.17, 15) is 8.42 Å². The van der Waals surface area contributed by atoms with Gasteiger partial charge in [-0.1, -0.05) is 23.2 Å². The van der Waals surface area contributed by atoms with Gasteiger partial charge in [-0.2, -0.15) is 0 Å². The average Bonchev–Trinajstić information content (AvgIpc) is 2.16. The van der Waals surface area contributed by atoms with Crippen LogP contribution in [0, 0.1) is 0 Å². The van der Waals surface area contributed by atoms with Gasteiger partial charge in [-0.25, -0.2) is 13.6 Å². The molecule has 1 aromatic heterocycles. The molecule has 90 valence electrons. The van der Waals surface area contributed by atoms with Gasteiger partial charge in [-0.3, -0.25) is 0 Å². The maximum atomic E-state index is 10.6. The lowest BCUT2D eigenvalue weighted by molar-refractivity contribution is 0.596. The number of sulfonamides is 1. The molecule has 0 saturated heterocycles. The summed E-state index contributed by atoms with van der Waals surface area (Å²) in [6, 6.07) is 1.51. The van der Waals surface area contributed by atoms with Crippen molar-refractivity contribution in [2.24, 2.45) is 5.14 Å². The molecule has 16 heavy (non-hydrogen) atoms. The molecule has 3 N–H and O–H groups in total. The summed E-state index contributed by atoms with van der Waals surface area (Å²) in [5, 5.41) is 15.2. The van der Waals surface area contributed by atoms with Crippen LogP contribution in [0.5, 0.6) is 0 Å². The lowest BCUT2D eigenvalue weighted by Gasteiger charge is -2.06. The third kappa shape index (κ3) is 4.93. The van der Waals surface area contributed by atoms with E-state index in [4.69, 9.17) is 28.3 Å². The number of nitrogens with zero attached hydrogens (tertiary/aromatic N) is 2. The van der Waals surface area contributed by atoms with Crippen LogP contribution < -0.4 is 10.5 Å². The van der Waals surface area contributed by atoms with Crippen molar-refractivity contribution in [3.8, 4) is 0 Å². The maximum absolute atomic E-state index is 10.6. The molecule has 0 amide bonds. The van der Waals surface area contributed by atoms with Crippen molar-refractivity contribution < 1.29 is 8.42 Å². The standard InChI is InChI=1S/C7H10Cl2N4O2S/c8-6-4-5(7(9)13-12-6)11-2-1-3-16(10,14)15/h4H,1-3H2,(H,11,12)(H2,10,14,15). The number of anilines is 1. The Morgan fingerprint density at radius 3 is 2.69 bits per heavy atom. The largest absolute Gasteiger partial charge is 0.382 e. The summed E-state index contributed by atoms with van der Waals surface area (Å²) < 4.78 is 21.3. The van der Waals surface area contributed by atoms with Gasteiger partial charge in [0.15, 0.2) is 10.3 Å². The molecule has 0 bridgehead atoms. The van der Waals surface area contributed by atoms with Gasteiger partial charge in [0.2, 0.25) is 10.0 Å². The minimum Gasteiger partial charge on any atom is -0.382 e. The van der Waals surface area contributed by atoms with Crippen LogP contribution in [0.2, 0.25) is 10.3 Å². The van der Waals surface area contributed by atoms with Crippen molar-refractivity contribution in [1.29, 1.82) is 0 Å². The molecule has 0 unspecified atom stereocenters. The minimum absolute atomic E-state index is 0.0934. The van der Waals surface area contributed by atoms with Crippen LogP contribution in [0.25, 0.3) is 0 Å². The van der Waals surface area contributed by atoms with Crippen molar-refractivity contribution in [1.82, 2.24) is 10.2 Å². The molecular weight excluding hydrogens is 275 g/mol. The zero-order valence-electron chi connectivity index (χ0n) is 8.15. The first kappa shape index (κ1) is 13.4. The minimum atomic E-state index is -3.42. The molecule has 0 saturated carbocycles. The molecule has 6 nitrogen and oxygen atoms in total. The van der Waals surface area contributed by atoms with E-state index in [-0.39, 0.29) is 16.1 Å². The van der Waals surface area contributed by atoms with Crippen molar-refractivity contribution in [3.63, 3.8) is 0 Å².